The molecule has 0 aliphatic heterocycles. The third-order valence-corrected chi connectivity index (χ3v) is 2.42. The number of hydrogen-bond donors (Lipinski definition) is 3. The highest BCUT2D eigenvalue weighted by atomic mass is 15.2. The Morgan fingerprint density at radius 3 is 2.82 bits per heavy atom. The lowest BCUT2D eigenvalue weighted by Gasteiger charge is -2.06. The van der Waals surface area contributed by atoms with Gasteiger partial charge in [-0.25, -0.2) is 4.98 Å². The van der Waals surface area contributed by atoms with Crippen LogP contribution < -0.4 is 16.8 Å². The summed E-state index contributed by atoms with van der Waals surface area (Å²) in [4.78, 5) is 4.11. The van der Waals surface area contributed by atoms with Crippen molar-refractivity contribution in [2.75, 3.05) is 23.3 Å². The first-order chi connectivity index (χ1) is 8.16. The van der Waals surface area contributed by atoms with E-state index in [1.807, 2.05) is 11.6 Å². The second-order valence-electron chi connectivity index (χ2n) is 3.71. The lowest BCUT2D eigenvalue weighted by Crippen LogP contribution is -2.10. The molecule has 7 heteroatoms. The summed E-state index contributed by atoms with van der Waals surface area (Å²) in [7, 11) is 1.91. The third-order valence-electron chi connectivity index (χ3n) is 2.42. The van der Waals surface area contributed by atoms with Crippen molar-refractivity contribution in [3.63, 3.8) is 0 Å². The van der Waals surface area contributed by atoms with Crippen molar-refractivity contribution in [2.24, 2.45) is 7.05 Å². The molecule has 0 aliphatic rings. The molecule has 2 aromatic rings. The summed E-state index contributed by atoms with van der Waals surface area (Å²) in [6.45, 7) is 0.711. The van der Waals surface area contributed by atoms with Crippen LogP contribution >= 0.6 is 0 Å². The van der Waals surface area contributed by atoms with Crippen LogP contribution in [0.1, 0.15) is 5.82 Å². The molecule has 0 saturated carbocycles. The maximum absolute atomic E-state index is 5.61. The fourth-order valence-electron chi connectivity index (χ4n) is 1.42. The van der Waals surface area contributed by atoms with Gasteiger partial charge in [0, 0.05) is 20.0 Å². The Kier molecular flexibility index (Phi) is 3.08. The van der Waals surface area contributed by atoms with Gasteiger partial charge in [-0.3, -0.25) is 0 Å². The number of anilines is 3. The first-order valence-electron chi connectivity index (χ1n) is 5.25. The molecular formula is C10H15N7. The van der Waals surface area contributed by atoms with E-state index >= 15 is 0 Å². The number of hydrogen-bond acceptors (Lipinski definition) is 6. The molecule has 0 saturated heterocycles. The molecule has 7 nitrogen and oxygen atoms in total. The lowest BCUT2D eigenvalue weighted by atomic mass is 10.3. The number of nitrogens with one attached hydrogen (secondary N) is 1. The Morgan fingerprint density at radius 1 is 1.35 bits per heavy atom. The van der Waals surface area contributed by atoms with Crippen molar-refractivity contribution >= 4 is 17.3 Å². The van der Waals surface area contributed by atoms with Crippen LogP contribution in [0.4, 0.5) is 17.3 Å². The monoisotopic (exact) mass is 233 g/mol. The minimum absolute atomic E-state index is 0.341. The number of aromatic nitrogens is 4. The van der Waals surface area contributed by atoms with Gasteiger partial charge in [0.05, 0.1) is 5.69 Å². The Bertz CT molecular complexity index is 505. The predicted molar refractivity (Wildman–Crippen MR) is 66.3 cm³/mol. The van der Waals surface area contributed by atoms with E-state index in [1.165, 1.54) is 0 Å². The Morgan fingerprint density at radius 2 is 2.18 bits per heavy atom. The zero-order valence-corrected chi connectivity index (χ0v) is 9.59. The Balaban J connectivity index is 1.90. The van der Waals surface area contributed by atoms with Gasteiger partial charge in [0.2, 0.25) is 0 Å². The van der Waals surface area contributed by atoms with Crippen LogP contribution in [0.5, 0.6) is 0 Å². The van der Waals surface area contributed by atoms with E-state index in [-0.39, 0.29) is 0 Å². The van der Waals surface area contributed by atoms with Gasteiger partial charge >= 0.3 is 0 Å². The maximum Gasteiger partial charge on any atom is 0.149 e. The van der Waals surface area contributed by atoms with E-state index in [0.29, 0.717) is 23.9 Å². The topological polar surface area (TPSA) is 108 Å². The van der Waals surface area contributed by atoms with E-state index in [1.54, 1.807) is 18.5 Å². The van der Waals surface area contributed by atoms with Crippen molar-refractivity contribution < 1.29 is 0 Å². The van der Waals surface area contributed by atoms with Crippen molar-refractivity contribution in [2.45, 2.75) is 6.42 Å². The van der Waals surface area contributed by atoms with Crippen LogP contribution in [0.15, 0.2) is 18.5 Å². The van der Waals surface area contributed by atoms with Gasteiger partial charge in [-0.1, -0.05) is 0 Å². The summed E-state index contributed by atoms with van der Waals surface area (Å²) in [5.41, 5.74) is 11.7. The number of pyridine rings is 1. The zero-order chi connectivity index (χ0) is 12.3. The van der Waals surface area contributed by atoms with Gasteiger partial charge in [0.15, 0.2) is 0 Å². The van der Waals surface area contributed by atoms with E-state index in [9.17, 15) is 0 Å². The van der Waals surface area contributed by atoms with Crippen LogP contribution in [0.25, 0.3) is 0 Å². The summed E-state index contributed by atoms with van der Waals surface area (Å²) in [5, 5.41) is 10.9. The van der Waals surface area contributed by atoms with E-state index in [0.717, 1.165) is 12.2 Å². The second-order valence-corrected chi connectivity index (χ2v) is 3.71. The molecular weight excluding hydrogens is 218 g/mol. The molecule has 0 spiro atoms. The molecule has 0 atom stereocenters. The van der Waals surface area contributed by atoms with Crippen molar-refractivity contribution in [1.29, 1.82) is 0 Å². The van der Waals surface area contributed by atoms with Crippen LogP contribution in [-0.4, -0.2) is 26.3 Å². The van der Waals surface area contributed by atoms with Crippen LogP contribution in [0, 0.1) is 0 Å². The van der Waals surface area contributed by atoms with Gasteiger partial charge in [-0.15, -0.1) is 10.2 Å². The van der Waals surface area contributed by atoms with Crippen molar-refractivity contribution in [1.82, 2.24) is 19.7 Å². The largest absolute Gasteiger partial charge is 0.396 e. The van der Waals surface area contributed by atoms with Crippen molar-refractivity contribution in [3.8, 4) is 0 Å². The van der Waals surface area contributed by atoms with E-state index in [4.69, 9.17) is 11.5 Å². The van der Waals surface area contributed by atoms with Gasteiger partial charge in [-0.2, -0.15) is 0 Å². The maximum atomic E-state index is 5.61. The number of rotatable bonds is 4. The van der Waals surface area contributed by atoms with Gasteiger partial charge in [0.1, 0.15) is 23.8 Å². The number of nitrogen functional groups attached to an aromatic ring is 2. The smallest absolute Gasteiger partial charge is 0.149 e. The summed E-state index contributed by atoms with van der Waals surface area (Å²) in [5.74, 6) is 1.97. The molecule has 0 aromatic carbocycles. The van der Waals surface area contributed by atoms with Crippen LogP contribution in [0.3, 0.4) is 0 Å². The first kappa shape index (κ1) is 11.2. The zero-order valence-electron chi connectivity index (χ0n) is 9.59. The fraction of sp³-hybridized carbons (Fsp3) is 0.300. The fourth-order valence-corrected chi connectivity index (χ4v) is 1.42. The number of nitrogens with zero attached hydrogens (tertiary/aromatic N) is 4. The minimum atomic E-state index is 0.341. The predicted octanol–water partition coefficient (Wildman–Crippen LogP) is 0.0291. The molecule has 0 radical (unpaired) electrons. The molecule has 0 aliphatic carbocycles. The minimum Gasteiger partial charge on any atom is -0.396 e. The standard InChI is InChI=1S/C10H15N7/c1-17-6-14-16-9(17)4-5-13-8-3-2-7(11)10(12)15-8/h2-3,6H,4-5,11H2,1H3,(H3,12,13,15). The van der Waals surface area contributed by atoms with Crippen molar-refractivity contribution in [3.05, 3.63) is 24.3 Å². The summed E-state index contributed by atoms with van der Waals surface area (Å²) in [6.07, 6.45) is 2.44. The highest BCUT2D eigenvalue weighted by Gasteiger charge is 2.01. The van der Waals surface area contributed by atoms with Crippen LogP contribution in [-0.2, 0) is 13.5 Å². The molecule has 0 fully saturated rings. The highest BCUT2D eigenvalue weighted by Crippen LogP contribution is 2.14. The lowest BCUT2D eigenvalue weighted by molar-refractivity contribution is 0.787. The highest BCUT2D eigenvalue weighted by molar-refractivity contribution is 5.61. The van der Waals surface area contributed by atoms with Gasteiger partial charge in [0.25, 0.3) is 0 Å². The molecule has 2 rings (SSSR count). The number of aryl methyl sites for hydroxylation is 1. The van der Waals surface area contributed by atoms with E-state index in [2.05, 4.69) is 20.5 Å². The molecule has 0 amide bonds. The Labute approximate surface area is 98.9 Å². The summed E-state index contributed by atoms with van der Waals surface area (Å²) in [6, 6.07) is 3.52. The first-order valence-corrected chi connectivity index (χ1v) is 5.25. The van der Waals surface area contributed by atoms with Gasteiger partial charge in [-0.05, 0) is 12.1 Å². The summed E-state index contributed by atoms with van der Waals surface area (Å²) < 4.78 is 1.88. The molecule has 2 aromatic heterocycles. The SMILES string of the molecule is Cn1cnnc1CCNc1ccc(N)c(N)n1. The second kappa shape index (κ2) is 4.69. The normalized spacial score (nSPS) is 10.4. The molecule has 2 heterocycles. The Hall–Kier alpha value is -2.31. The van der Waals surface area contributed by atoms with E-state index < -0.39 is 0 Å². The average molecular weight is 233 g/mol. The number of nitrogens with two attached hydrogens (primary N) is 2. The molecule has 0 bridgehead atoms. The average Bonchev–Trinajstić information content (AvgIpc) is 2.70. The quantitative estimate of drug-likeness (QED) is 0.687. The van der Waals surface area contributed by atoms with Crippen LogP contribution in [0.2, 0.25) is 0 Å². The molecule has 0 unspecified atom stereocenters. The molecule has 90 valence electrons. The molecule has 5 N–H and O–H groups in total. The molecule has 17 heavy (non-hydrogen) atoms. The van der Waals surface area contributed by atoms with Gasteiger partial charge < -0.3 is 21.4 Å². The third kappa shape index (κ3) is 2.63. The summed E-state index contributed by atoms with van der Waals surface area (Å²) >= 11 is 0.